The van der Waals surface area contributed by atoms with Crippen LogP contribution in [0, 0.1) is 5.41 Å². The van der Waals surface area contributed by atoms with Gasteiger partial charge in [0.2, 0.25) is 0 Å². The van der Waals surface area contributed by atoms with Gasteiger partial charge < -0.3 is 15.4 Å². The monoisotopic (exact) mass is 243 g/mol. The van der Waals surface area contributed by atoms with Crippen LogP contribution in [-0.2, 0) is 0 Å². The summed E-state index contributed by atoms with van der Waals surface area (Å²) in [6.45, 7) is 4.41. The molecule has 0 aromatic heterocycles. The summed E-state index contributed by atoms with van der Waals surface area (Å²) in [6.07, 6.45) is 7.47. The van der Waals surface area contributed by atoms with E-state index < -0.39 is 7.12 Å². The lowest BCUT2D eigenvalue weighted by atomic mass is 9.80. The van der Waals surface area contributed by atoms with Gasteiger partial charge in [-0.25, -0.2) is 0 Å². The highest BCUT2D eigenvalue weighted by Gasteiger charge is 2.16. The van der Waals surface area contributed by atoms with Crippen molar-refractivity contribution in [2.24, 2.45) is 5.41 Å². The minimum absolute atomic E-state index is 0.232. The Labute approximate surface area is 108 Å². The molecule has 0 bridgehead atoms. The molecule has 0 spiro atoms. The molecule has 0 atom stereocenters. The van der Waals surface area contributed by atoms with Crippen molar-refractivity contribution in [1.29, 1.82) is 0 Å². The van der Waals surface area contributed by atoms with Crippen molar-refractivity contribution in [1.82, 2.24) is 0 Å². The first-order chi connectivity index (χ1) is 8.46. The van der Waals surface area contributed by atoms with Gasteiger partial charge in [-0.15, -0.1) is 0 Å². The van der Waals surface area contributed by atoms with E-state index in [-0.39, 0.29) is 5.41 Å². The molecule has 2 rings (SSSR count). The van der Waals surface area contributed by atoms with Crippen LogP contribution < -0.4 is 10.8 Å². The molecular formula is C14H18BNO2. The second-order valence-corrected chi connectivity index (χ2v) is 5.31. The molecule has 0 fully saturated rings. The fraction of sp³-hybridized carbons (Fsp3) is 0.286. The molecule has 1 aliphatic rings. The second kappa shape index (κ2) is 5.00. The summed E-state index contributed by atoms with van der Waals surface area (Å²) in [6, 6.07) is 7.07. The molecule has 3 nitrogen and oxygen atoms in total. The average Bonchev–Trinajstić information content (AvgIpc) is 2.33. The summed E-state index contributed by atoms with van der Waals surface area (Å²) in [7, 11) is -1.41. The Morgan fingerprint density at radius 1 is 1.17 bits per heavy atom. The molecule has 18 heavy (non-hydrogen) atoms. The molecule has 0 amide bonds. The average molecular weight is 243 g/mol. The number of hydrogen-bond acceptors (Lipinski definition) is 3. The van der Waals surface area contributed by atoms with Crippen molar-refractivity contribution < 1.29 is 10.0 Å². The predicted octanol–water partition coefficient (Wildman–Crippen LogP) is 1.65. The molecule has 0 saturated heterocycles. The topological polar surface area (TPSA) is 52.5 Å². The second-order valence-electron chi connectivity index (χ2n) is 5.31. The fourth-order valence-electron chi connectivity index (χ4n) is 1.82. The minimum Gasteiger partial charge on any atom is -0.423 e. The van der Waals surface area contributed by atoms with Crippen LogP contribution in [0.4, 0.5) is 5.69 Å². The normalized spacial score (nSPS) is 17.2. The zero-order valence-corrected chi connectivity index (χ0v) is 10.7. The first-order valence-corrected chi connectivity index (χ1v) is 6.09. The highest BCUT2D eigenvalue weighted by Crippen LogP contribution is 2.28. The van der Waals surface area contributed by atoms with Gasteiger partial charge >= 0.3 is 7.12 Å². The summed E-state index contributed by atoms with van der Waals surface area (Å²) >= 11 is 0. The molecule has 0 radical (unpaired) electrons. The van der Waals surface area contributed by atoms with Crippen molar-refractivity contribution in [3.63, 3.8) is 0 Å². The van der Waals surface area contributed by atoms with Gasteiger partial charge in [0.1, 0.15) is 0 Å². The van der Waals surface area contributed by atoms with E-state index in [1.165, 1.54) is 0 Å². The van der Waals surface area contributed by atoms with Gasteiger partial charge in [-0.2, -0.15) is 0 Å². The standard InChI is InChI=1S/C14H18BNO2/c1-14(2)9-7-13(8-10-14)16-12-5-3-11(4-6-12)15(17)18/h3-9,16-18H,10H2,1-2H3. The van der Waals surface area contributed by atoms with Crippen molar-refractivity contribution in [3.8, 4) is 0 Å². The molecular weight excluding hydrogens is 225 g/mol. The van der Waals surface area contributed by atoms with E-state index in [9.17, 15) is 0 Å². The van der Waals surface area contributed by atoms with Gasteiger partial charge in [-0.1, -0.05) is 38.1 Å². The number of allylic oxidation sites excluding steroid dienone is 3. The van der Waals surface area contributed by atoms with Crippen LogP contribution in [0.25, 0.3) is 0 Å². The number of benzene rings is 1. The van der Waals surface area contributed by atoms with Crippen LogP contribution in [-0.4, -0.2) is 17.2 Å². The third-order valence-corrected chi connectivity index (χ3v) is 3.06. The van der Waals surface area contributed by atoms with Crippen LogP contribution >= 0.6 is 0 Å². The summed E-state index contributed by atoms with van der Waals surface area (Å²) in [5, 5.41) is 21.3. The van der Waals surface area contributed by atoms with Crippen molar-refractivity contribution in [2.75, 3.05) is 5.32 Å². The molecule has 0 saturated carbocycles. The van der Waals surface area contributed by atoms with Crippen LogP contribution in [0.5, 0.6) is 0 Å². The number of anilines is 1. The smallest absolute Gasteiger partial charge is 0.423 e. The molecule has 0 heterocycles. The fourth-order valence-corrected chi connectivity index (χ4v) is 1.82. The molecule has 0 aliphatic heterocycles. The van der Waals surface area contributed by atoms with Gasteiger partial charge in [0.15, 0.2) is 0 Å². The third-order valence-electron chi connectivity index (χ3n) is 3.06. The Morgan fingerprint density at radius 2 is 1.83 bits per heavy atom. The first-order valence-electron chi connectivity index (χ1n) is 6.09. The van der Waals surface area contributed by atoms with Gasteiger partial charge in [0.05, 0.1) is 0 Å². The Balaban J connectivity index is 2.03. The van der Waals surface area contributed by atoms with Gasteiger partial charge in [0, 0.05) is 11.4 Å². The zero-order valence-electron chi connectivity index (χ0n) is 10.7. The molecule has 1 aromatic carbocycles. The molecule has 94 valence electrons. The number of hydrogen-bond donors (Lipinski definition) is 3. The van der Waals surface area contributed by atoms with E-state index in [2.05, 4.69) is 37.4 Å². The molecule has 1 aromatic rings. The Bertz CT molecular complexity index is 475. The Kier molecular flexibility index (Phi) is 3.59. The van der Waals surface area contributed by atoms with E-state index in [1.54, 1.807) is 12.1 Å². The van der Waals surface area contributed by atoms with E-state index >= 15 is 0 Å². The highest BCUT2D eigenvalue weighted by molar-refractivity contribution is 6.58. The minimum atomic E-state index is -1.41. The largest absolute Gasteiger partial charge is 0.488 e. The van der Waals surface area contributed by atoms with Crippen molar-refractivity contribution in [2.45, 2.75) is 20.3 Å². The van der Waals surface area contributed by atoms with E-state index in [4.69, 9.17) is 10.0 Å². The van der Waals surface area contributed by atoms with Crippen LogP contribution in [0.3, 0.4) is 0 Å². The maximum absolute atomic E-state index is 9.01. The molecule has 0 unspecified atom stereocenters. The van der Waals surface area contributed by atoms with E-state index in [1.807, 2.05) is 12.1 Å². The van der Waals surface area contributed by atoms with Gasteiger partial charge in [-0.3, -0.25) is 0 Å². The first kappa shape index (κ1) is 12.9. The summed E-state index contributed by atoms with van der Waals surface area (Å²) < 4.78 is 0. The highest BCUT2D eigenvalue weighted by atomic mass is 16.4. The quantitative estimate of drug-likeness (QED) is 0.707. The SMILES string of the molecule is CC1(C)C=CC(Nc2ccc(B(O)O)cc2)=CC1. The predicted molar refractivity (Wildman–Crippen MR) is 75.5 cm³/mol. The Hall–Kier alpha value is -1.52. The maximum atomic E-state index is 9.01. The van der Waals surface area contributed by atoms with Gasteiger partial charge in [-0.05, 0) is 35.5 Å². The molecule has 4 heteroatoms. The van der Waals surface area contributed by atoms with Crippen molar-refractivity contribution >= 4 is 18.3 Å². The summed E-state index contributed by atoms with van der Waals surface area (Å²) in [5.74, 6) is 0. The number of nitrogens with one attached hydrogen (secondary N) is 1. The van der Waals surface area contributed by atoms with Crippen LogP contribution in [0.1, 0.15) is 20.3 Å². The lowest BCUT2D eigenvalue weighted by Crippen LogP contribution is -2.29. The van der Waals surface area contributed by atoms with Crippen LogP contribution in [0.2, 0.25) is 0 Å². The lowest BCUT2D eigenvalue weighted by Gasteiger charge is -2.23. The molecule has 1 aliphatic carbocycles. The van der Waals surface area contributed by atoms with Gasteiger partial charge in [0.25, 0.3) is 0 Å². The van der Waals surface area contributed by atoms with Crippen LogP contribution in [0.15, 0.2) is 48.2 Å². The van der Waals surface area contributed by atoms with E-state index in [0.717, 1.165) is 17.8 Å². The van der Waals surface area contributed by atoms with Crippen molar-refractivity contribution in [3.05, 3.63) is 48.2 Å². The molecule has 3 N–H and O–H groups in total. The maximum Gasteiger partial charge on any atom is 0.488 e. The number of rotatable bonds is 3. The zero-order chi connectivity index (χ0) is 13.2. The third kappa shape index (κ3) is 3.25. The lowest BCUT2D eigenvalue weighted by molar-refractivity contribution is 0.426. The van der Waals surface area contributed by atoms with E-state index in [0.29, 0.717) is 5.46 Å². The Morgan fingerprint density at radius 3 is 2.33 bits per heavy atom. The summed E-state index contributed by atoms with van der Waals surface area (Å²) in [4.78, 5) is 0. The summed E-state index contributed by atoms with van der Waals surface area (Å²) in [5.41, 5.74) is 2.74.